The number of nitrogens with zero attached hydrogens (tertiary/aromatic N) is 2. The Bertz CT molecular complexity index is 665. The average molecular weight is 328 g/mol. The summed E-state index contributed by atoms with van der Waals surface area (Å²) in [5.41, 5.74) is 0. The second-order valence-corrected chi connectivity index (χ2v) is 7.39. The summed E-state index contributed by atoms with van der Waals surface area (Å²) in [7, 11) is -3.61. The van der Waals surface area contributed by atoms with Gasteiger partial charge in [0.25, 0.3) is 10.0 Å². The highest BCUT2D eigenvalue weighted by molar-refractivity contribution is 7.91. The Balaban J connectivity index is 1.79. The lowest BCUT2D eigenvalue weighted by atomic mass is 10.3. The highest BCUT2D eigenvalue weighted by Gasteiger charge is 2.17. The molecule has 1 amide bonds. The average Bonchev–Trinajstić information content (AvgIpc) is 3.09. The molecule has 1 atom stereocenters. The van der Waals surface area contributed by atoms with Crippen molar-refractivity contribution < 1.29 is 13.2 Å². The van der Waals surface area contributed by atoms with E-state index in [-0.39, 0.29) is 22.7 Å². The van der Waals surface area contributed by atoms with Crippen molar-refractivity contribution in [2.75, 3.05) is 6.54 Å². The van der Waals surface area contributed by atoms with E-state index in [1.54, 1.807) is 34.6 Å². The monoisotopic (exact) mass is 328 g/mol. The molecule has 0 saturated carbocycles. The second-order valence-electron chi connectivity index (χ2n) is 4.45. The molecule has 0 spiro atoms. The third-order valence-corrected chi connectivity index (χ3v) is 5.41. The number of nitrogens with one attached hydrogen (secondary N) is 2. The Morgan fingerprint density at radius 1 is 1.48 bits per heavy atom. The van der Waals surface area contributed by atoms with E-state index in [0.29, 0.717) is 6.54 Å². The zero-order chi connectivity index (χ0) is 15.3. The van der Waals surface area contributed by atoms with Crippen LogP contribution in [-0.2, 0) is 21.4 Å². The number of amides is 1. The van der Waals surface area contributed by atoms with Crippen molar-refractivity contribution in [3.05, 3.63) is 36.0 Å². The Morgan fingerprint density at radius 2 is 2.29 bits per heavy atom. The highest BCUT2D eigenvalue weighted by Crippen LogP contribution is 2.14. The van der Waals surface area contributed by atoms with Crippen LogP contribution in [0.4, 0.5) is 0 Å². The number of carbonyl (C=O) groups excluding carboxylic acids is 1. The van der Waals surface area contributed by atoms with Crippen LogP contribution in [-0.4, -0.2) is 36.7 Å². The predicted octanol–water partition coefficient (Wildman–Crippen LogP) is 0.428. The van der Waals surface area contributed by atoms with Gasteiger partial charge in [0.1, 0.15) is 4.21 Å². The van der Waals surface area contributed by atoms with Gasteiger partial charge in [-0.1, -0.05) is 6.07 Å². The molecule has 2 N–H and O–H groups in total. The molecule has 0 aromatic carbocycles. The fourth-order valence-electron chi connectivity index (χ4n) is 1.71. The van der Waals surface area contributed by atoms with Crippen molar-refractivity contribution >= 4 is 27.3 Å². The smallest absolute Gasteiger partial charge is 0.250 e. The number of hydrogen-bond acceptors (Lipinski definition) is 5. The van der Waals surface area contributed by atoms with Gasteiger partial charge in [0.15, 0.2) is 0 Å². The first-order chi connectivity index (χ1) is 9.97. The van der Waals surface area contributed by atoms with E-state index in [1.165, 1.54) is 6.07 Å². The summed E-state index contributed by atoms with van der Waals surface area (Å²) in [6, 6.07) is 4.78. The highest BCUT2D eigenvalue weighted by atomic mass is 32.2. The van der Waals surface area contributed by atoms with Crippen LogP contribution in [0, 0.1) is 0 Å². The van der Waals surface area contributed by atoms with Gasteiger partial charge in [0.2, 0.25) is 5.91 Å². The minimum absolute atomic E-state index is 0.149. The van der Waals surface area contributed by atoms with Gasteiger partial charge in [-0.05, 0) is 24.4 Å². The number of carbonyl (C=O) groups is 1. The van der Waals surface area contributed by atoms with Crippen molar-refractivity contribution in [3.8, 4) is 0 Å². The van der Waals surface area contributed by atoms with Gasteiger partial charge in [-0.3, -0.25) is 9.48 Å². The van der Waals surface area contributed by atoms with Crippen molar-refractivity contribution in [2.24, 2.45) is 0 Å². The first kappa shape index (κ1) is 15.7. The minimum atomic E-state index is -3.61. The third-order valence-electron chi connectivity index (χ3n) is 2.61. The summed E-state index contributed by atoms with van der Waals surface area (Å²) in [4.78, 5) is 11.7. The van der Waals surface area contributed by atoms with E-state index in [1.807, 2.05) is 6.92 Å². The Labute approximate surface area is 127 Å². The number of sulfonamides is 1. The molecule has 0 saturated heterocycles. The van der Waals surface area contributed by atoms with Crippen LogP contribution in [0.25, 0.3) is 0 Å². The van der Waals surface area contributed by atoms with Crippen molar-refractivity contribution in [3.63, 3.8) is 0 Å². The predicted molar refractivity (Wildman–Crippen MR) is 79.3 cm³/mol. The van der Waals surface area contributed by atoms with Crippen LogP contribution in [0.15, 0.2) is 40.2 Å². The molecule has 2 heterocycles. The molecular formula is C12H16N4O3S2. The quantitative estimate of drug-likeness (QED) is 0.771. The van der Waals surface area contributed by atoms with Crippen LogP contribution in [0.2, 0.25) is 0 Å². The van der Waals surface area contributed by atoms with Crippen LogP contribution in [0.1, 0.15) is 6.92 Å². The molecule has 0 aliphatic rings. The first-order valence-electron chi connectivity index (χ1n) is 6.27. The molecule has 21 heavy (non-hydrogen) atoms. The molecule has 0 aliphatic heterocycles. The maximum absolute atomic E-state index is 11.8. The van der Waals surface area contributed by atoms with Gasteiger partial charge in [0.05, 0.1) is 13.1 Å². The molecule has 0 aliphatic carbocycles. The molecule has 2 aromatic rings. The van der Waals surface area contributed by atoms with E-state index in [0.717, 1.165) is 11.3 Å². The van der Waals surface area contributed by atoms with E-state index >= 15 is 0 Å². The summed E-state index contributed by atoms with van der Waals surface area (Å²) in [6.45, 7) is 2.06. The molecule has 0 radical (unpaired) electrons. The second kappa shape index (κ2) is 6.83. The lowest BCUT2D eigenvalue weighted by Crippen LogP contribution is -2.42. The van der Waals surface area contributed by atoms with Gasteiger partial charge in [-0.2, -0.15) is 5.10 Å². The van der Waals surface area contributed by atoms with Crippen molar-refractivity contribution in [1.29, 1.82) is 0 Å². The van der Waals surface area contributed by atoms with E-state index in [2.05, 4.69) is 15.1 Å². The summed E-state index contributed by atoms with van der Waals surface area (Å²) in [5, 5.41) is 8.42. The maximum atomic E-state index is 11.8. The van der Waals surface area contributed by atoms with Crippen molar-refractivity contribution in [2.45, 2.75) is 23.7 Å². The van der Waals surface area contributed by atoms with Gasteiger partial charge >= 0.3 is 0 Å². The summed E-state index contributed by atoms with van der Waals surface area (Å²) in [6.07, 6.45) is 3.45. The zero-order valence-corrected chi connectivity index (χ0v) is 13.0. The molecule has 2 aromatic heterocycles. The topological polar surface area (TPSA) is 93.1 Å². The van der Waals surface area contributed by atoms with E-state index in [9.17, 15) is 13.2 Å². The standard InChI is InChI=1S/C12H16N4O3S2/c1-10(9-16-6-3-5-13-16)15-11(17)8-14-21(18,19)12-4-2-7-20-12/h2-7,10,14H,8-9H2,1H3,(H,15,17)/t10-/m0/s1. The molecule has 0 unspecified atom stereocenters. The Morgan fingerprint density at radius 3 is 2.90 bits per heavy atom. The number of rotatable bonds is 7. The van der Waals surface area contributed by atoms with Crippen LogP contribution < -0.4 is 10.0 Å². The minimum Gasteiger partial charge on any atom is -0.351 e. The molecule has 9 heteroatoms. The largest absolute Gasteiger partial charge is 0.351 e. The SMILES string of the molecule is C[C@@H](Cn1cccn1)NC(=O)CNS(=O)(=O)c1cccs1. The van der Waals surface area contributed by atoms with E-state index in [4.69, 9.17) is 0 Å². The van der Waals surface area contributed by atoms with Gasteiger partial charge in [-0.25, -0.2) is 13.1 Å². The summed E-state index contributed by atoms with van der Waals surface area (Å²) < 4.78 is 27.9. The Kier molecular flexibility index (Phi) is 5.10. The van der Waals surface area contributed by atoms with Crippen LogP contribution >= 0.6 is 11.3 Å². The maximum Gasteiger partial charge on any atom is 0.250 e. The normalized spacial score (nSPS) is 13.0. The molecule has 0 fully saturated rings. The lowest BCUT2D eigenvalue weighted by molar-refractivity contribution is -0.120. The summed E-state index contributed by atoms with van der Waals surface area (Å²) in [5.74, 6) is -0.380. The fraction of sp³-hybridized carbons (Fsp3) is 0.333. The van der Waals surface area contributed by atoms with Gasteiger partial charge in [0, 0.05) is 18.4 Å². The lowest BCUT2D eigenvalue weighted by Gasteiger charge is -2.14. The number of hydrogen-bond donors (Lipinski definition) is 2. The molecule has 2 rings (SSSR count). The van der Waals surface area contributed by atoms with Crippen LogP contribution in [0.3, 0.4) is 0 Å². The molecule has 114 valence electrons. The zero-order valence-electron chi connectivity index (χ0n) is 11.4. The summed E-state index contributed by atoms with van der Waals surface area (Å²) >= 11 is 1.10. The number of thiophene rings is 1. The first-order valence-corrected chi connectivity index (χ1v) is 8.63. The molecular weight excluding hydrogens is 312 g/mol. The molecule has 7 nitrogen and oxygen atoms in total. The van der Waals surface area contributed by atoms with Gasteiger partial charge < -0.3 is 5.32 Å². The Hall–Kier alpha value is -1.71. The van der Waals surface area contributed by atoms with Crippen molar-refractivity contribution in [1.82, 2.24) is 19.8 Å². The fourth-order valence-corrected chi connectivity index (χ4v) is 3.73. The van der Waals surface area contributed by atoms with Gasteiger partial charge in [-0.15, -0.1) is 11.3 Å². The van der Waals surface area contributed by atoms with E-state index < -0.39 is 10.0 Å². The number of aromatic nitrogens is 2. The third kappa shape index (κ3) is 4.66. The van der Waals surface area contributed by atoms with Crippen LogP contribution in [0.5, 0.6) is 0 Å². The molecule has 0 bridgehead atoms.